The number of amides is 1. The molecule has 1 aromatic carbocycles. The average Bonchev–Trinajstić information content (AvgIpc) is 3.19. The quantitative estimate of drug-likeness (QED) is 0.837. The van der Waals surface area contributed by atoms with Crippen molar-refractivity contribution in [2.75, 3.05) is 6.54 Å². The standard InChI is InChI=1S/C13H13BrF3NO/c14-11(8-4-5-8)7-18-12(19)9-2-1-3-10(6-9)13(15,16)17/h1-3,6,8,11H,4-5,7H2,(H,18,19). The molecule has 1 aromatic rings. The van der Waals surface area contributed by atoms with Crippen LogP contribution in [0.25, 0.3) is 0 Å². The smallest absolute Gasteiger partial charge is 0.351 e. The highest BCUT2D eigenvalue weighted by Crippen LogP contribution is 2.36. The van der Waals surface area contributed by atoms with Crippen LogP contribution >= 0.6 is 15.9 Å². The van der Waals surface area contributed by atoms with Crippen molar-refractivity contribution in [3.8, 4) is 0 Å². The van der Waals surface area contributed by atoms with E-state index in [0.717, 1.165) is 25.0 Å². The molecule has 0 saturated heterocycles. The minimum atomic E-state index is -4.43. The first-order valence-electron chi connectivity index (χ1n) is 5.97. The van der Waals surface area contributed by atoms with E-state index in [2.05, 4.69) is 21.2 Å². The van der Waals surface area contributed by atoms with Gasteiger partial charge >= 0.3 is 6.18 Å². The minimum absolute atomic E-state index is 0.0327. The van der Waals surface area contributed by atoms with E-state index in [9.17, 15) is 18.0 Å². The Morgan fingerprint density at radius 2 is 2.11 bits per heavy atom. The lowest BCUT2D eigenvalue weighted by atomic mass is 10.1. The first-order valence-corrected chi connectivity index (χ1v) is 6.89. The third kappa shape index (κ3) is 3.96. The molecule has 6 heteroatoms. The summed E-state index contributed by atoms with van der Waals surface area (Å²) in [6.45, 7) is 0.430. The van der Waals surface area contributed by atoms with Gasteiger partial charge in [-0.25, -0.2) is 0 Å². The van der Waals surface area contributed by atoms with Crippen molar-refractivity contribution in [3.63, 3.8) is 0 Å². The maximum absolute atomic E-state index is 12.5. The molecule has 1 aliphatic carbocycles. The maximum Gasteiger partial charge on any atom is 0.416 e. The first-order chi connectivity index (χ1) is 8.88. The van der Waals surface area contributed by atoms with Crippen LogP contribution in [0.5, 0.6) is 0 Å². The molecule has 1 unspecified atom stereocenters. The summed E-state index contributed by atoms with van der Waals surface area (Å²) in [5.41, 5.74) is -0.775. The van der Waals surface area contributed by atoms with E-state index in [1.807, 2.05) is 0 Å². The van der Waals surface area contributed by atoms with E-state index in [1.165, 1.54) is 12.1 Å². The van der Waals surface area contributed by atoms with Gasteiger partial charge in [0.15, 0.2) is 0 Å². The van der Waals surface area contributed by atoms with Crippen LogP contribution < -0.4 is 5.32 Å². The van der Waals surface area contributed by atoms with Crippen molar-refractivity contribution in [3.05, 3.63) is 35.4 Å². The van der Waals surface area contributed by atoms with Crippen LogP contribution in [0.3, 0.4) is 0 Å². The lowest BCUT2D eigenvalue weighted by molar-refractivity contribution is -0.137. The fraction of sp³-hybridized carbons (Fsp3) is 0.462. The number of alkyl halides is 4. The number of rotatable bonds is 4. The molecule has 1 aliphatic rings. The molecule has 1 atom stereocenters. The van der Waals surface area contributed by atoms with E-state index in [0.29, 0.717) is 12.5 Å². The Bertz CT molecular complexity index is 471. The number of nitrogens with one attached hydrogen (secondary N) is 1. The largest absolute Gasteiger partial charge is 0.416 e. The zero-order valence-corrected chi connectivity index (χ0v) is 11.6. The zero-order chi connectivity index (χ0) is 14.0. The first kappa shape index (κ1) is 14.4. The molecular formula is C13H13BrF3NO. The Balaban J connectivity index is 1.98. The Morgan fingerprint density at radius 1 is 1.42 bits per heavy atom. The molecule has 0 bridgehead atoms. The van der Waals surface area contributed by atoms with Gasteiger partial charge in [-0.2, -0.15) is 13.2 Å². The summed E-state index contributed by atoms with van der Waals surface area (Å²) in [7, 11) is 0. The van der Waals surface area contributed by atoms with E-state index >= 15 is 0 Å². The van der Waals surface area contributed by atoms with Gasteiger partial charge < -0.3 is 5.32 Å². The molecule has 1 N–H and O–H groups in total. The van der Waals surface area contributed by atoms with E-state index < -0.39 is 17.6 Å². The topological polar surface area (TPSA) is 29.1 Å². The lowest BCUT2D eigenvalue weighted by Crippen LogP contribution is -2.30. The summed E-state index contributed by atoms with van der Waals surface area (Å²) in [5, 5.41) is 2.65. The Hall–Kier alpha value is -1.04. The molecule has 2 nitrogen and oxygen atoms in total. The van der Waals surface area contributed by atoms with Gasteiger partial charge in [0.25, 0.3) is 5.91 Å². The molecule has 2 rings (SSSR count). The fourth-order valence-corrected chi connectivity index (χ4v) is 2.44. The molecule has 0 spiro atoms. The third-order valence-electron chi connectivity index (χ3n) is 3.04. The van der Waals surface area contributed by atoms with Crippen LogP contribution in [0.15, 0.2) is 24.3 Å². The highest BCUT2D eigenvalue weighted by molar-refractivity contribution is 9.09. The Kier molecular flexibility index (Phi) is 4.18. The maximum atomic E-state index is 12.5. The number of carbonyl (C=O) groups is 1. The molecule has 19 heavy (non-hydrogen) atoms. The van der Waals surface area contributed by atoms with Gasteiger partial charge in [-0.05, 0) is 37.0 Å². The number of hydrogen-bond donors (Lipinski definition) is 1. The fourth-order valence-electron chi connectivity index (χ4n) is 1.75. The van der Waals surface area contributed by atoms with Crippen LogP contribution in [-0.4, -0.2) is 17.3 Å². The van der Waals surface area contributed by atoms with E-state index in [4.69, 9.17) is 0 Å². The number of carbonyl (C=O) groups excluding carboxylic acids is 1. The van der Waals surface area contributed by atoms with Gasteiger partial charge in [-0.3, -0.25) is 4.79 Å². The van der Waals surface area contributed by atoms with E-state index in [-0.39, 0.29) is 10.4 Å². The summed E-state index contributed by atoms with van der Waals surface area (Å²) in [6, 6.07) is 4.44. The van der Waals surface area contributed by atoms with Crippen molar-refractivity contribution in [2.24, 2.45) is 5.92 Å². The molecule has 104 valence electrons. The summed E-state index contributed by atoms with van der Waals surface area (Å²) < 4.78 is 37.6. The van der Waals surface area contributed by atoms with Gasteiger partial charge in [0.2, 0.25) is 0 Å². The summed E-state index contributed by atoms with van der Waals surface area (Å²) in [4.78, 5) is 12.0. The van der Waals surface area contributed by atoms with Crippen LogP contribution in [0.4, 0.5) is 13.2 Å². The van der Waals surface area contributed by atoms with Crippen molar-refractivity contribution in [1.82, 2.24) is 5.32 Å². The molecule has 1 saturated carbocycles. The van der Waals surface area contributed by atoms with Crippen LogP contribution in [0, 0.1) is 5.92 Å². The lowest BCUT2D eigenvalue weighted by Gasteiger charge is -2.11. The molecular weight excluding hydrogens is 323 g/mol. The minimum Gasteiger partial charge on any atom is -0.351 e. The van der Waals surface area contributed by atoms with Crippen LogP contribution in [0.2, 0.25) is 0 Å². The average molecular weight is 336 g/mol. The highest BCUT2D eigenvalue weighted by Gasteiger charge is 2.31. The van der Waals surface area contributed by atoms with Gasteiger partial charge in [0.05, 0.1) is 5.56 Å². The molecule has 1 fully saturated rings. The SMILES string of the molecule is O=C(NCC(Br)C1CC1)c1cccc(C(F)(F)F)c1. The van der Waals surface area contributed by atoms with Gasteiger partial charge in [-0.15, -0.1) is 0 Å². The summed E-state index contributed by atoms with van der Waals surface area (Å²) in [5.74, 6) is 0.0954. The predicted octanol–water partition coefficient (Wildman–Crippen LogP) is 3.61. The van der Waals surface area contributed by atoms with Gasteiger partial charge in [-0.1, -0.05) is 22.0 Å². The molecule has 0 aromatic heterocycles. The van der Waals surface area contributed by atoms with Gasteiger partial charge in [0, 0.05) is 16.9 Å². The van der Waals surface area contributed by atoms with Crippen molar-refractivity contribution >= 4 is 21.8 Å². The predicted molar refractivity (Wildman–Crippen MR) is 69.2 cm³/mol. The Morgan fingerprint density at radius 3 is 2.68 bits per heavy atom. The number of benzene rings is 1. The second-order valence-corrected chi connectivity index (χ2v) is 5.82. The summed E-state index contributed by atoms with van der Waals surface area (Å²) >= 11 is 3.46. The number of hydrogen-bond acceptors (Lipinski definition) is 1. The van der Waals surface area contributed by atoms with E-state index in [1.54, 1.807) is 0 Å². The third-order valence-corrected chi connectivity index (χ3v) is 4.11. The van der Waals surface area contributed by atoms with Crippen LogP contribution in [0.1, 0.15) is 28.8 Å². The second-order valence-electron chi connectivity index (χ2n) is 4.64. The molecule has 0 aliphatic heterocycles. The second kappa shape index (κ2) is 5.53. The van der Waals surface area contributed by atoms with Crippen molar-refractivity contribution in [1.29, 1.82) is 0 Å². The molecule has 0 heterocycles. The normalized spacial score (nSPS) is 17.1. The number of halogens is 4. The van der Waals surface area contributed by atoms with Gasteiger partial charge in [0.1, 0.15) is 0 Å². The monoisotopic (exact) mass is 335 g/mol. The molecule has 0 radical (unpaired) electrons. The molecule has 1 amide bonds. The Labute approximate surface area is 117 Å². The van der Waals surface area contributed by atoms with Crippen molar-refractivity contribution in [2.45, 2.75) is 23.8 Å². The van der Waals surface area contributed by atoms with Crippen LogP contribution in [-0.2, 0) is 6.18 Å². The highest BCUT2D eigenvalue weighted by atomic mass is 79.9. The summed E-state index contributed by atoms with van der Waals surface area (Å²) in [6.07, 6.45) is -2.16. The van der Waals surface area contributed by atoms with Crippen molar-refractivity contribution < 1.29 is 18.0 Å². The zero-order valence-electron chi connectivity index (χ0n) is 10.0.